The van der Waals surface area contributed by atoms with Crippen LogP contribution in [0.1, 0.15) is 20.8 Å². The van der Waals surface area contributed by atoms with Crippen molar-refractivity contribution in [3.63, 3.8) is 0 Å². The summed E-state index contributed by atoms with van der Waals surface area (Å²) in [6.45, 7) is 4.31. The second kappa shape index (κ2) is 5.88. The quantitative estimate of drug-likeness (QED) is 0.781. The molecule has 4 nitrogen and oxygen atoms in total. The van der Waals surface area contributed by atoms with Gasteiger partial charge in [0.05, 0.1) is 12.2 Å². The first-order valence-electron chi connectivity index (χ1n) is 5.81. The molecule has 1 aliphatic heterocycles. The van der Waals surface area contributed by atoms with E-state index in [0.717, 1.165) is 0 Å². The van der Waals surface area contributed by atoms with Gasteiger partial charge in [-0.15, -0.1) is 0 Å². The van der Waals surface area contributed by atoms with Gasteiger partial charge in [-0.05, 0) is 20.8 Å². The molecular formula is C11H18F3NO3. The Kier molecular flexibility index (Phi) is 4.98. The highest BCUT2D eigenvalue weighted by molar-refractivity contribution is 5.80. The van der Waals surface area contributed by atoms with Crippen LogP contribution in [0.4, 0.5) is 13.2 Å². The largest absolute Gasteiger partial charge is 0.411 e. The zero-order valence-corrected chi connectivity index (χ0v) is 10.7. The number of carbonyl (C=O) groups is 1. The van der Waals surface area contributed by atoms with Crippen molar-refractivity contribution in [2.24, 2.45) is 0 Å². The van der Waals surface area contributed by atoms with Crippen LogP contribution >= 0.6 is 0 Å². The van der Waals surface area contributed by atoms with Crippen molar-refractivity contribution in [3.8, 4) is 0 Å². The van der Waals surface area contributed by atoms with Crippen LogP contribution in [0.2, 0.25) is 0 Å². The maximum Gasteiger partial charge on any atom is 0.411 e. The molecule has 0 saturated carbocycles. The van der Waals surface area contributed by atoms with E-state index in [9.17, 15) is 18.0 Å². The molecule has 106 valence electrons. The molecule has 0 N–H and O–H groups in total. The molecule has 0 aliphatic carbocycles. The van der Waals surface area contributed by atoms with Crippen LogP contribution in [0.5, 0.6) is 0 Å². The standard InChI is InChI=1S/C11H18F3NO3/c1-7-4-15(5-8(2)18-7)10(16)9(3)17-6-11(12,13)14/h7-9H,4-6H2,1-3H3/t7-,8+,9-/m0/s1. The molecule has 3 atom stereocenters. The molecule has 1 aliphatic rings. The van der Waals surface area contributed by atoms with E-state index in [-0.39, 0.29) is 12.2 Å². The summed E-state index contributed by atoms with van der Waals surface area (Å²) in [5, 5.41) is 0. The van der Waals surface area contributed by atoms with Gasteiger partial charge in [-0.1, -0.05) is 0 Å². The van der Waals surface area contributed by atoms with Crippen molar-refractivity contribution in [2.45, 2.75) is 45.3 Å². The molecule has 1 heterocycles. The Morgan fingerprint density at radius 3 is 2.33 bits per heavy atom. The SMILES string of the molecule is C[C@@H]1CN(C(=O)[C@H](C)OCC(F)(F)F)C[C@H](C)O1. The minimum absolute atomic E-state index is 0.118. The molecule has 18 heavy (non-hydrogen) atoms. The van der Waals surface area contributed by atoms with E-state index in [1.165, 1.54) is 11.8 Å². The number of rotatable bonds is 3. The lowest BCUT2D eigenvalue weighted by Crippen LogP contribution is -2.51. The van der Waals surface area contributed by atoms with Gasteiger partial charge in [-0.2, -0.15) is 13.2 Å². The number of nitrogens with zero attached hydrogens (tertiary/aromatic N) is 1. The molecule has 0 unspecified atom stereocenters. The molecule has 1 amide bonds. The number of amides is 1. The lowest BCUT2D eigenvalue weighted by molar-refractivity contribution is -0.191. The van der Waals surface area contributed by atoms with E-state index in [4.69, 9.17) is 4.74 Å². The first-order valence-corrected chi connectivity index (χ1v) is 5.81. The summed E-state index contributed by atoms with van der Waals surface area (Å²) >= 11 is 0. The minimum Gasteiger partial charge on any atom is -0.372 e. The summed E-state index contributed by atoms with van der Waals surface area (Å²) in [5.41, 5.74) is 0. The number of hydrogen-bond acceptors (Lipinski definition) is 3. The summed E-state index contributed by atoms with van der Waals surface area (Å²) in [6, 6.07) is 0. The fraction of sp³-hybridized carbons (Fsp3) is 0.909. The normalized spacial score (nSPS) is 27.1. The van der Waals surface area contributed by atoms with Crippen LogP contribution in [0.3, 0.4) is 0 Å². The molecule has 1 rings (SSSR count). The molecule has 0 aromatic heterocycles. The average Bonchev–Trinajstić information content (AvgIpc) is 2.22. The molecule has 0 aromatic rings. The highest BCUT2D eigenvalue weighted by atomic mass is 19.4. The van der Waals surface area contributed by atoms with Gasteiger partial charge < -0.3 is 14.4 Å². The van der Waals surface area contributed by atoms with E-state index in [1.807, 2.05) is 13.8 Å². The summed E-state index contributed by atoms with van der Waals surface area (Å²) < 4.78 is 45.9. The van der Waals surface area contributed by atoms with Gasteiger partial charge >= 0.3 is 6.18 Å². The average molecular weight is 269 g/mol. The number of alkyl halides is 3. The Morgan fingerprint density at radius 1 is 1.39 bits per heavy atom. The van der Waals surface area contributed by atoms with Crippen molar-refractivity contribution in [3.05, 3.63) is 0 Å². The summed E-state index contributed by atoms with van der Waals surface area (Å²) in [4.78, 5) is 13.4. The zero-order valence-electron chi connectivity index (χ0n) is 10.7. The third-order valence-electron chi connectivity index (χ3n) is 2.58. The molecule has 0 radical (unpaired) electrons. The van der Waals surface area contributed by atoms with Gasteiger partial charge in [0, 0.05) is 13.1 Å². The van der Waals surface area contributed by atoms with E-state index < -0.39 is 24.8 Å². The molecule has 7 heteroatoms. The third-order valence-corrected chi connectivity index (χ3v) is 2.58. The Hall–Kier alpha value is -0.820. The van der Waals surface area contributed by atoms with E-state index >= 15 is 0 Å². The molecule has 1 fully saturated rings. The summed E-state index contributed by atoms with van der Waals surface area (Å²) in [6.07, 6.45) is -5.75. The minimum atomic E-state index is -4.42. The number of morpholine rings is 1. The number of halogens is 3. The topological polar surface area (TPSA) is 38.8 Å². The third kappa shape index (κ3) is 4.81. The first-order chi connectivity index (χ1) is 8.19. The number of hydrogen-bond donors (Lipinski definition) is 0. The predicted octanol–water partition coefficient (Wildman–Crippen LogP) is 1.59. The van der Waals surface area contributed by atoms with Gasteiger partial charge in [0.1, 0.15) is 12.7 Å². The smallest absolute Gasteiger partial charge is 0.372 e. The Labute approximate surface area is 104 Å². The maximum absolute atomic E-state index is 12.0. The van der Waals surface area contributed by atoms with E-state index in [2.05, 4.69) is 4.74 Å². The first kappa shape index (κ1) is 15.2. The van der Waals surface area contributed by atoms with Crippen molar-refractivity contribution in [1.82, 2.24) is 4.90 Å². The monoisotopic (exact) mass is 269 g/mol. The van der Waals surface area contributed by atoms with Crippen LogP contribution in [0.25, 0.3) is 0 Å². The maximum atomic E-state index is 12.0. The molecule has 0 spiro atoms. The highest BCUT2D eigenvalue weighted by Gasteiger charge is 2.33. The fourth-order valence-electron chi connectivity index (χ4n) is 1.91. The molecule has 1 saturated heterocycles. The van der Waals surface area contributed by atoms with E-state index in [0.29, 0.717) is 13.1 Å². The molecule has 0 bridgehead atoms. The van der Waals surface area contributed by atoms with Gasteiger partial charge in [0.15, 0.2) is 0 Å². The van der Waals surface area contributed by atoms with Crippen LogP contribution in [-0.4, -0.2) is 55.0 Å². The lowest BCUT2D eigenvalue weighted by atomic mass is 10.2. The van der Waals surface area contributed by atoms with Gasteiger partial charge in [0.2, 0.25) is 0 Å². The fourth-order valence-corrected chi connectivity index (χ4v) is 1.91. The van der Waals surface area contributed by atoms with Gasteiger partial charge in [-0.3, -0.25) is 4.79 Å². The van der Waals surface area contributed by atoms with Crippen LogP contribution in [0.15, 0.2) is 0 Å². The van der Waals surface area contributed by atoms with Gasteiger partial charge in [-0.25, -0.2) is 0 Å². The predicted molar refractivity (Wildman–Crippen MR) is 58.1 cm³/mol. The Balaban J connectivity index is 2.47. The van der Waals surface area contributed by atoms with Crippen LogP contribution in [-0.2, 0) is 14.3 Å². The van der Waals surface area contributed by atoms with Crippen molar-refractivity contribution in [1.29, 1.82) is 0 Å². The van der Waals surface area contributed by atoms with Crippen molar-refractivity contribution < 1.29 is 27.4 Å². The molecular weight excluding hydrogens is 251 g/mol. The zero-order chi connectivity index (χ0) is 13.9. The molecule has 0 aromatic carbocycles. The summed E-state index contributed by atoms with van der Waals surface area (Å²) in [5.74, 6) is -0.429. The van der Waals surface area contributed by atoms with E-state index in [1.54, 1.807) is 0 Å². The summed E-state index contributed by atoms with van der Waals surface area (Å²) in [7, 11) is 0. The van der Waals surface area contributed by atoms with Crippen LogP contribution < -0.4 is 0 Å². The Bertz CT molecular complexity index is 286. The Morgan fingerprint density at radius 2 is 1.89 bits per heavy atom. The lowest BCUT2D eigenvalue weighted by Gasteiger charge is -2.36. The van der Waals surface area contributed by atoms with Gasteiger partial charge in [0.25, 0.3) is 5.91 Å². The second-order valence-corrected chi connectivity index (χ2v) is 4.57. The second-order valence-electron chi connectivity index (χ2n) is 4.57. The number of carbonyl (C=O) groups excluding carboxylic acids is 1. The number of ether oxygens (including phenoxy) is 2. The van der Waals surface area contributed by atoms with Crippen molar-refractivity contribution >= 4 is 5.91 Å². The van der Waals surface area contributed by atoms with Crippen LogP contribution in [0, 0.1) is 0 Å². The highest BCUT2D eigenvalue weighted by Crippen LogP contribution is 2.17. The van der Waals surface area contributed by atoms with Crippen molar-refractivity contribution in [2.75, 3.05) is 19.7 Å².